The van der Waals surface area contributed by atoms with E-state index in [2.05, 4.69) is 39.5 Å². The van der Waals surface area contributed by atoms with Gasteiger partial charge in [-0.3, -0.25) is 0 Å². The first-order chi connectivity index (χ1) is 12.9. The summed E-state index contributed by atoms with van der Waals surface area (Å²) in [5.74, 6) is 1.90. The maximum absolute atomic E-state index is 9.99. The van der Waals surface area contributed by atoms with Crippen molar-refractivity contribution < 1.29 is 15.3 Å². The molecule has 0 spiro atoms. The quantitative estimate of drug-likeness (QED) is 0.562. The summed E-state index contributed by atoms with van der Waals surface area (Å²) in [6.07, 6.45) is 11.9. The third-order valence-electron chi connectivity index (χ3n) is 7.24. The summed E-state index contributed by atoms with van der Waals surface area (Å²) in [6, 6.07) is 0. The lowest BCUT2D eigenvalue weighted by Crippen LogP contribution is -2.29. The molecule has 2 rings (SSSR count). The Morgan fingerprint density at radius 3 is 2.57 bits per heavy atom. The predicted molar refractivity (Wildman–Crippen MR) is 117 cm³/mol. The Morgan fingerprint density at radius 1 is 1.25 bits per heavy atom. The van der Waals surface area contributed by atoms with E-state index in [9.17, 15) is 15.3 Å². The molecule has 3 N–H and O–H groups in total. The van der Waals surface area contributed by atoms with Gasteiger partial charge in [-0.05, 0) is 73.8 Å². The monoisotopic (exact) mass is 390 g/mol. The fraction of sp³-hybridized carbons (Fsp3) is 0.760. The third kappa shape index (κ3) is 6.05. The van der Waals surface area contributed by atoms with Crippen molar-refractivity contribution in [2.75, 3.05) is 0 Å². The lowest BCUT2D eigenvalue weighted by atomic mass is 9.69. The van der Waals surface area contributed by atoms with Crippen LogP contribution in [0.25, 0.3) is 0 Å². The summed E-state index contributed by atoms with van der Waals surface area (Å²) in [5, 5.41) is 29.8. The van der Waals surface area contributed by atoms with Crippen LogP contribution in [0, 0.1) is 23.2 Å². The molecule has 0 amide bonds. The van der Waals surface area contributed by atoms with Crippen molar-refractivity contribution in [3.05, 3.63) is 36.0 Å². The van der Waals surface area contributed by atoms with Gasteiger partial charge in [0.2, 0.25) is 0 Å². The largest absolute Gasteiger partial charge is 0.393 e. The van der Waals surface area contributed by atoms with Gasteiger partial charge in [0.1, 0.15) is 0 Å². The molecule has 3 heteroatoms. The van der Waals surface area contributed by atoms with Gasteiger partial charge in [0.25, 0.3) is 0 Å². The van der Waals surface area contributed by atoms with Crippen LogP contribution in [0.3, 0.4) is 0 Å². The number of rotatable bonds is 7. The average Bonchev–Trinajstić information content (AvgIpc) is 2.85. The Morgan fingerprint density at radius 2 is 1.93 bits per heavy atom. The number of hydrogen-bond donors (Lipinski definition) is 3. The van der Waals surface area contributed by atoms with Crippen LogP contribution in [0.2, 0.25) is 0 Å². The molecule has 0 heterocycles. The number of aliphatic hydroxyl groups excluding tert-OH is 2. The minimum absolute atomic E-state index is 0.256. The van der Waals surface area contributed by atoms with Crippen LogP contribution in [0.4, 0.5) is 0 Å². The van der Waals surface area contributed by atoms with Gasteiger partial charge in [-0.25, -0.2) is 0 Å². The third-order valence-corrected chi connectivity index (χ3v) is 7.24. The SMILES string of the molecule is C=C1/C(=C/C=C/[C@@H]2CC[C@H]([C@@H](C)CCCC(C)(C)O)C2(C)C)C[C@@H](O)C[C@@H]1O. The molecular formula is C25H42O3. The van der Waals surface area contributed by atoms with Crippen LogP contribution in [0.5, 0.6) is 0 Å². The second kappa shape index (κ2) is 9.28. The van der Waals surface area contributed by atoms with E-state index >= 15 is 0 Å². The van der Waals surface area contributed by atoms with Gasteiger partial charge >= 0.3 is 0 Å². The molecule has 0 aliphatic heterocycles. The van der Waals surface area contributed by atoms with Crippen molar-refractivity contribution in [2.45, 2.75) is 97.4 Å². The summed E-state index contributed by atoms with van der Waals surface area (Å²) in [7, 11) is 0. The Bertz CT molecular complexity index is 593. The molecule has 2 aliphatic carbocycles. The van der Waals surface area contributed by atoms with Crippen LogP contribution in [0.15, 0.2) is 36.0 Å². The first kappa shape index (κ1) is 23.4. The molecule has 28 heavy (non-hydrogen) atoms. The van der Waals surface area contributed by atoms with Gasteiger partial charge in [0.15, 0.2) is 0 Å². The van der Waals surface area contributed by atoms with Gasteiger partial charge in [-0.15, -0.1) is 0 Å². The predicted octanol–water partition coefficient (Wildman–Crippen LogP) is 5.17. The highest BCUT2D eigenvalue weighted by Crippen LogP contribution is 2.52. The topological polar surface area (TPSA) is 60.7 Å². The molecule has 0 aromatic carbocycles. The minimum Gasteiger partial charge on any atom is -0.393 e. The molecule has 0 aromatic heterocycles. The maximum Gasteiger partial charge on any atom is 0.0811 e. The zero-order valence-corrected chi connectivity index (χ0v) is 18.6. The molecule has 2 saturated carbocycles. The molecule has 0 bridgehead atoms. The smallest absolute Gasteiger partial charge is 0.0811 e. The fourth-order valence-electron chi connectivity index (χ4n) is 5.36. The Balaban J connectivity index is 1.95. The Labute approximate surface area is 172 Å². The molecular weight excluding hydrogens is 348 g/mol. The summed E-state index contributed by atoms with van der Waals surface area (Å²) >= 11 is 0. The van der Waals surface area contributed by atoms with Crippen LogP contribution in [0.1, 0.15) is 79.6 Å². The zero-order valence-electron chi connectivity index (χ0n) is 18.6. The zero-order chi connectivity index (χ0) is 21.1. The average molecular weight is 391 g/mol. The van der Waals surface area contributed by atoms with E-state index in [1.165, 1.54) is 19.3 Å². The van der Waals surface area contributed by atoms with Gasteiger partial charge < -0.3 is 15.3 Å². The van der Waals surface area contributed by atoms with Crippen molar-refractivity contribution in [2.24, 2.45) is 23.2 Å². The first-order valence-corrected chi connectivity index (χ1v) is 11.1. The lowest BCUT2D eigenvalue weighted by molar-refractivity contribution is 0.0637. The molecule has 0 unspecified atom stereocenters. The van der Waals surface area contributed by atoms with Gasteiger partial charge in [-0.1, -0.05) is 58.4 Å². The number of allylic oxidation sites excluding steroid dienone is 3. The van der Waals surface area contributed by atoms with E-state index in [1.807, 2.05) is 19.9 Å². The molecule has 0 saturated heterocycles. The van der Waals surface area contributed by atoms with Crippen LogP contribution < -0.4 is 0 Å². The first-order valence-electron chi connectivity index (χ1n) is 11.1. The highest BCUT2D eigenvalue weighted by molar-refractivity contribution is 5.37. The van der Waals surface area contributed by atoms with Crippen molar-refractivity contribution in [1.29, 1.82) is 0 Å². The Kier molecular flexibility index (Phi) is 7.75. The Hall–Kier alpha value is -0.900. The van der Waals surface area contributed by atoms with Gasteiger partial charge in [-0.2, -0.15) is 0 Å². The molecule has 2 fully saturated rings. The lowest BCUT2D eigenvalue weighted by Gasteiger charge is -2.36. The van der Waals surface area contributed by atoms with E-state index in [0.29, 0.717) is 30.6 Å². The van der Waals surface area contributed by atoms with E-state index in [0.717, 1.165) is 24.0 Å². The van der Waals surface area contributed by atoms with Gasteiger partial charge in [0, 0.05) is 6.42 Å². The maximum atomic E-state index is 9.99. The van der Waals surface area contributed by atoms with E-state index in [4.69, 9.17) is 0 Å². The molecule has 2 aliphatic rings. The van der Waals surface area contributed by atoms with E-state index in [-0.39, 0.29) is 5.41 Å². The molecule has 0 aromatic rings. The number of aliphatic hydroxyl groups is 3. The summed E-state index contributed by atoms with van der Waals surface area (Å²) in [5.41, 5.74) is 1.41. The van der Waals surface area contributed by atoms with Crippen molar-refractivity contribution in [3.63, 3.8) is 0 Å². The minimum atomic E-state index is -0.625. The highest BCUT2D eigenvalue weighted by atomic mass is 16.3. The fourth-order valence-corrected chi connectivity index (χ4v) is 5.36. The number of hydrogen-bond acceptors (Lipinski definition) is 3. The summed E-state index contributed by atoms with van der Waals surface area (Å²) < 4.78 is 0. The second-order valence-electron chi connectivity index (χ2n) is 10.5. The van der Waals surface area contributed by atoms with E-state index in [1.54, 1.807) is 0 Å². The van der Waals surface area contributed by atoms with Gasteiger partial charge in [0.05, 0.1) is 17.8 Å². The van der Waals surface area contributed by atoms with E-state index < -0.39 is 17.8 Å². The van der Waals surface area contributed by atoms with Crippen molar-refractivity contribution in [3.8, 4) is 0 Å². The second-order valence-corrected chi connectivity index (χ2v) is 10.5. The molecule has 160 valence electrons. The highest BCUT2D eigenvalue weighted by Gasteiger charge is 2.43. The standard InChI is InChI=1S/C25H42O3/c1-17(9-8-14-24(3,4)28)22-13-12-20(25(22,5)6)11-7-10-19-15-21(26)16-23(27)18(19)2/h7,10-11,17,20-23,26-28H,2,8-9,12-16H2,1,3-6H3/b11-7+,19-10+/t17-,20+,21+,22+,23-/m0/s1. The molecule has 0 radical (unpaired) electrons. The normalized spacial score (nSPS) is 33.7. The van der Waals surface area contributed by atoms with Crippen molar-refractivity contribution in [1.82, 2.24) is 0 Å². The van der Waals surface area contributed by atoms with Crippen molar-refractivity contribution >= 4 is 0 Å². The summed E-state index contributed by atoms with van der Waals surface area (Å²) in [6.45, 7) is 14.9. The molecule has 5 atom stereocenters. The van der Waals surface area contributed by atoms with Crippen LogP contribution in [-0.2, 0) is 0 Å². The van der Waals surface area contributed by atoms with Crippen LogP contribution >= 0.6 is 0 Å². The molecule has 3 nitrogen and oxygen atoms in total. The summed E-state index contributed by atoms with van der Waals surface area (Å²) in [4.78, 5) is 0. The van der Waals surface area contributed by atoms with Crippen LogP contribution in [-0.4, -0.2) is 33.1 Å².